The van der Waals surface area contributed by atoms with Crippen LogP contribution in [-0.4, -0.2) is 23.3 Å². The number of Topliss-reactive ketones (excluding diaryl/α,β-unsaturated/α-hetero) is 2. The van der Waals surface area contributed by atoms with Gasteiger partial charge in [-0.05, 0) is 6.42 Å². The van der Waals surface area contributed by atoms with Crippen molar-refractivity contribution in [2.75, 3.05) is 6.61 Å². The Balaban J connectivity index is 3.60. The summed E-state index contributed by atoms with van der Waals surface area (Å²) in [5.74, 6) is -0.819. The predicted octanol–water partition coefficient (Wildman–Crippen LogP) is 0.307. The minimum Gasteiger partial charge on any atom is -0.396 e. The average molecular weight is 144 g/mol. The second-order valence-corrected chi connectivity index (χ2v) is 2.07. The number of carbonyl (C=O) groups excluding carboxylic acids is 2. The monoisotopic (exact) mass is 144 g/mol. The molecule has 0 rings (SSSR count). The molecule has 0 saturated carbocycles. The normalized spacial score (nSPS) is 9.40. The standard InChI is InChI=1S/C7H12O3/c1-2-3-6(9)7(10)4-5-8/h8H,2-5H2,1H3. The van der Waals surface area contributed by atoms with Crippen LogP contribution in [0, 0.1) is 0 Å². The van der Waals surface area contributed by atoms with Crippen LogP contribution in [0.1, 0.15) is 26.2 Å². The Morgan fingerprint density at radius 3 is 2.10 bits per heavy atom. The highest BCUT2D eigenvalue weighted by atomic mass is 16.3. The van der Waals surface area contributed by atoms with Crippen molar-refractivity contribution in [1.29, 1.82) is 0 Å². The predicted molar refractivity (Wildman–Crippen MR) is 36.6 cm³/mol. The molecule has 0 aliphatic rings. The smallest absolute Gasteiger partial charge is 0.200 e. The Labute approximate surface area is 60.0 Å². The maximum atomic E-state index is 10.7. The Bertz CT molecular complexity index is 113. The maximum absolute atomic E-state index is 10.7. The van der Waals surface area contributed by atoms with Gasteiger partial charge >= 0.3 is 0 Å². The molecule has 0 aromatic heterocycles. The van der Waals surface area contributed by atoms with Crippen molar-refractivity contribution in [3.63, 3.8) is 0 Å². The number of carbonyl (C=O) groups is 2. The van der Waals surface area contributed by atoms with Crippen LogP contribution in [0.4, 0.5) is 0 Å². The first-order chi connectivity index (χ1) is 4.72. The number of rotatable bonds is 5. The molecule has 0 aromatic rings. The number of aliphatic hydroxyl groups excluding tert-OH is 1. The Hall–Kier alpha value is -0.700. The molecule has 0 aliphatic heterocycles. The molecular weight excluding hydrogens is 132 g/mol. The third-order valence-corrected chi connectivity index (χ3v) is 1.13. The van der Waals surface area contributed by atoms with Gasteiger partial charge in [-0.3, -0.25) is 9.59 Å². The van der Waals surface area contributed by atoms with Gasteiger partial charge in [0.05, 0.1) is 6.61 Å². The highest BCUT2D eigenvalue weighted by molar-refractivity contribution is 6.37. The summed E-state index contributed by atoms with van der Waals surface area (Å²) in [5, 5.41) is 8.28. The molecule has 0 saturated heterocycles. The number of ketones is 2. The van der Waals surface area contributed by atoms with E-state index in [0.717, 1.165) is 0 Å². The van der Waals surface area contributed by atoms with Gasteiger partial charge in [-0.2, -0.15) is 0 Å². The van der Waals surface area contributed by atoms with Gasteiger partial charge in [0, 0.05) is 12.8 Å². The average Bonchev–Trinajstić information content (AvgIpc) is 1.89. The van der Waals surface area contributed by atoms with E-state index in [0.29, 0.717) is 12.8 Å². The fourth-order valence-corrected chi connectivity index (χ4v) is 0.607. The summed E-state index contributed by atoms with van der Waals surface area (Å²) in [4.78, 5) is 21.3. The zero-order valence-electron chi connectivity index (χ0n) is 6.09. The Kier molecular flexibility index (Phi) is 4.76. The molecule has 3 nitrogen and oxygen atoms in total. The van der Waals surface area contributed by atoms with Gasteiger partial charge in [0.2, 0.25) is 5.78 Å². The molecule has 0 radical (unpaired) electrons. The van der Waals surface area contributed by atoms with E-state index in [-0.39, 0.29) is 18.8 Å². The molecule has 0 bridgehead atoms. The lowest BCUT2D eigenvalue weighted by molar-refractivity contribution is -0.137. The van der Waals surface area contributed by atoms with Crippen molar-refractivity contribution in [1.82, 2.24) is 0 Å². The van der Waals surface area contributed by atoms with E-state index in [1.807, 2.05) is 6.92 Å². The quantitative estimate of drug-likeness (QED) is 0.565. The van der Waals surface area contributed by atoms with Gasteiger partial charge in [-0.15, -0.1) is 0 Å². The molecule has 1 N–H and O–H groups in total. The molecule has 3 heteroatoms. The molecule has 0 aliphatic carbocycles. The molecule has 0 atom stereocenters. The fraction of sp³-hybridized carbons (Fsp3) is 0.714. The number of hydrogen-bond acceptors (Lipinski definition) is 3. The van der Waals surface area contributed by atoms with Crippen molar-refractivity contribution in [2.24, 2.45) is 0 Å². The van der Waals surface area contributed by atoms with Crippen LogP contribution < -0.4 is 0 Å². The minimum atomic E-state index is -0.454. The molecule has 58 valence electrons. The summed E-state index contributed by atoms with van der Waals surface area (Å²) in [6.07, 6.45) is 0.966. The minimum absolute atomic E-state index is 0.0289. The van der Waals surface area contributed by atoms with Crippen LogP contribution in [0.25, 0.3) is 0 Å². The van der Waals surface area contributed by atoms with Crippen LogP contribution in [0.5, 0.6) is 0 Å². The topological polar surface area (TPSA) is 54.4 Å². The first-order valence-corrected chi connectivity index (χ1v) is 3.39. The first kappa shape index (κ1) is 9.30. The second-order valence-electron chi connectivity index (χ2n) is 2.07. The van der Waals surface area contributed by atoms with Gasteiger partial charge in [0.1, 0.15) is 0 Å². The third kappa shape index (κ3) is 3.35. The molecule has 0 fully saturated rings. The van der Waals surface area contributed by atoms with Crippen molar-refractivity contribution in [2.45, 2.75) is 26.2 Å². The molecule has 0 heterocycles. The van der Waals surface area contributed by atoms with Crippen molar-refractivity contribution in [3.8, 4) is 0 Å². The number of hydrogen-bond donors (Lipinski definition) is 1. The maximum Gasteiger partial charge on any atom is 0.200 e. The number of aliphatic hydroxyl groups is 1. The fourth-order valence-electron chi connectivity index (χ4n) is 0.607. The van der Waals surface area contributed by atoms with E-state index in [4.69, 9.17) is 5.11 Å². The molecule has 10 heavy (non-hydrogen) atoms. The van der Waals surface area contributed by atoms with E-state index in [1.54, 1.807) is 0 Å². The lowest BCUT2D eigenvalue weighted by atomic mass is 10.1. The van der Waals surface area contributed by atoms with Crippen LogP contribution in [0.2, 0.25) is 0 Å². The Morgan fingerprint density at radius 2 is 1.70 bits per heavy atom. The summed E-state index contributed by atoms with van der Waals surface area (Å²) in [7, 11) is 0. The summed E-state index contributed by atoms with van der Waals surface area (Å²) in [6, 6.07) is 0. The van der Waals surface area contributed by atoms with Crippen molar-refractivity contribution in [3.05, 3.63) is 0 Å². The third-order valence-electron chi connectivity index (χ3n) is 1.13. The largest absolute Gasteiger partial charge is 0.396 e. The lowest BCUT2D eigenvalue weighted by Crippen LogP contribution is -2.14. The lowest BCUT2D eigenvalue weighted by Gasteiger charge is -1.93. The summed E-state index contributed by atoms with van der Waals surface area (Å²) in [6.45, 7) is 1.61. The van der Waals surface area contributed by atoms with Crippen LogP contribution in [0.15, 0.2) is 0 Å². The van der Waals surface area contributed by atoms with E-state index < -0.39 is 5.78 Å². The van der Waals surface area contributed by atoms with E-state index in [2.05, 4.69) is 0 Å². The van der Waals surface area contributed by atoms with E-state index >= 15 is 0 Å². The van der Waals surface area contributed by atoms with E-state index in [1.165, 1.54) is 0 Å². The highest BCUT2D eigenvalue weighted by Gasteiger charge is 2.10. The molecular formula is C7H12O3. The first-order valence-electron chi connectivity index (χ1n) is 3.39. The summed E-state index contributed by atoms with van der Waals surface area (Å²) < 4.78 is 0. The van der Waals surface area contributed by atoms with Gasteiger partial charge in [-0.25, -0.2) is 0 Å². The van der Waals surface area contributed by atoms with Crippen LogP contribution >= 0.6 is 0 Å². The zero-order chi connectivity index (χ0) is 7.98. The Morgan fingerprint density at radius 1 is 1.20 bits per heavy atom. The SMILES string of the molecule is CCCC(=O)C(=O)CCO. The molecule has 0 aromatic carbocycles. The van der Waals surface area contributed by atoms with E-state index in [9.17, 15) is 9.59 Å². The second kappa shape index (κ2) is 5.11. The van der Waals surface area contributed by atoms with Gasteiger partial charge < -0.3 is 5.11 Å². The van der Waals surface area contributed by atoms with Gasteiger partial charge in [0.15, 0.2) is 5.78 Å². The van der Waals surface area contributed by atoms with Gasteiger partial charge in [-0.1, -0.05) is 6.92 Å². The zero-order valence-corrected chi connectivity index (χ0v) is 6.09. The van der Waals surface area contributed by atoms with Crippen molar-refractivity contribution < 1.29 is 14.7 Å². The highest BCUT2D eigenvalue weighted by Crippen LogP contribution is 1.92. The molecule has 0 spiro atoms. The summed E-state index contributed by atoms with van der Waals surface area (Å²) in [5.41, 5.74) is 0. The van der Waals surface area contributed by atoms with Crippen molar-refractivity contribution >= 4 is 11.6 Å². The van der Waals surface area contributed by atoms with Crippen LogP contribution in [0.3, 0.4) is 0 Å². The van der Waals surface area contributed by atoms with Gasteiger partial charge in [0.25, 0.3) is 0 Å². The summed E-state index contributed by atoms with van der Waals surface area (Å²) >= 11 is 0. The molecule has 0 amide bonds. The van der Waals surface area contributed by atoms with Crippen LogP contribution in [-0.2, 0) is 9.59 Å². The molecule has 0 unspecified atom stereocenters.